The van der Waals surface area contributed by atoms with Crippen molar-refractivity contribution in [2.24, 2.45) is 0 Å². The van der Waals surface area contributed by atoms with Gasteiger partial charge in [0, 0.05) is 30.4 Å². The minimum Gasteiger partial charge on any atom is -0.454 e. The summed E-state index contributed by atoms with van der Waals surface area (Å²) in [6.45, 7) is 4.73. The Morgan fingerprint density at radius 2 is 1.94 bits per heavy atom. The van der Waals surface area contributed by atoms with Crippen molar-refractivity contribution in [3.8, 4) is 0 Å². The number of hydrogen-bond donors (Lipinski definition) is 0. The third kappa shape index (κ3) is 4.52. The van der Waals surface area contributed by atoms with Gasteiger partial charge in [0.1, 0.15) is 6.10 Å². The van der Waals surface area contributed by atoms with Crippen LogP contribution in [0.2, 0.25) is 0 Å². The molecule has 6 nitrogen and oxygen atoms in total. The van der Waals surface area contributed by atoms with Crippen molar-refractivity contribution in [2.75, 3.05) is 31.2 Å². The standard InChI is InChI=1S/C23H22F3N3O3/c1-14-18(12-17-4-3-7-27-21(17)28-14)22(30)32-15(2)16-5-6-20(19(13-16)23(24,25)26)29-8-10-31-11-9-29/h3-7,12-13,15H,8-11H2,1-2H3/t15-/m0/s1. The quantitative estimate of drug-likeness (QED) is 0.542. The van der Waals surface area contributed by atoms with E-state index in [9.17, 15) is 18.0 Å². The van der Waals surface area contributed by atoms with Gasteiger partial charge in [0.25, 0.3) is 0 Å². The van der Waals surface area contributed by atoms with Gasteiger partial charge in [-0.3, -0.25) is 0 Å². The number of aryl methyl sites for hydroxylation is 1. The van der Waals surface area contributed by atoms with Crippen LogP contribution >= 0.6 is 0 Å². The summed E-state index contributed by atoms with van der Waals surface area (Å²) in [4.78, 5) is 22.9. The molecule has 0 radical (unpaired) electrons. The first-order chi connectivity index (χ1) is 15.2. The molecule has 1 aromatic carbocycles. The van der Waals surface area contributed by atoms with Crippen molar-refractivity contribution in [3.63, 3.8) is 0 Å². The minimum absolute atomic E-state index is 0.102. The fourth-order valence-corrected chi connectivity index (χ4v) is 3.71. The number of carbonyl (C=O) groups is 1. The number of carbonyl (C=O) groups excluding carboxylic acids is 1. The highest BCUT2D eigenvalue weighted by molar-refractivity contribution is 5.94. The molecule has 1 fully saturated rings. The first-order valence-electron chi connectivity index (χ1n) is 10.2. The van der Waals surface area contributed by atoms with Crippen LogP contribution in [0.5, 0.6) is 0 Å². The van der Waals surface area contributed by atoms with Crippen molar-refractivity contribution in [3.05, 3.63) is 65.0 Å². The first kappa shape index (κ1) is 22.0. The van der Waals surface area contributed by atoms with Crippen LogP contribution < -0.4 is 4.90 Å². The van der Waals surface area contributed by atoms with E-state index in [4.69, 9.17) is 9.47 Å². The maximum absolute atomic E-state index is 13.8. The van der Waals surface area contributed by atoms with Crippen molar-refractivity contribution in [2.45, 2.75) is 26.1 Å². The molecular formula is C23H22F3N3O3. The molecule has 1 aliphatic rings. The van der Waals surface area contributed by atoms with E-state index in [-0.39, 0.29) is 16.8 Å². The third-order valence-corrected chi connectivity index (χ3v) is 5.43. The Bertz CT molecular complexity index is 1140. The lowest BCUT2D eigenvalue weighted by Crippen LogP contribution is -2.37. The molecule has 32 heavy (non-hydrogen) atoms. The number of esters is 1. The summed E-state index contributed by atoms with van der Waals surface area (Å²) >= 11 is 0. The normalized spacial score (nSPS) is 15.6. The van der Waals surface area contributed by atoms with Crippen LogP contribution in [0.4, 0.5) is 18.9 Å². The lowest BCUT2D eigenvalue weighted by molar-refractivity contribution is -0.137. The molecule has 168 valence electrons. The van der Waals surface area contributed by atoms with Crippen LogP contribution in [0, 0.1) is 6.92 Å². The molecular weight excluding hydrogens is 423 g/mol. The summed E-state index contributed by atoms with van der Waals surface area (Å²) in [7, 11) is 0. The zero-order chi connectivity index (χ0) is 22.9. The number of morpholine rings is 1. The number of halogens is 3. The predicted octanol–water partition coefficient (Wildman–Crippen LogP) is 4.71. The van der Waals surface area contributed by atoms with Gasteiger partial charge in [0.15, 0.2) is 5.65 Å². The molecule has 0 bridgehead atoms. The van der Waals surface area contributed by atoms with E-state index in [0.717, 1.165) is 6.07 Å². The highest BCUT2D eigenvalue weighted by Crippen LogP contribution is 2.39. The lowest BCUT2D eigenvalue weighted by Gasteiger charge is -2.31. The smallest absolute Gasteiger partial charge is 0.418 e. The average Bonchev–Trinajstić information content (AvgIpc) is 2.78. The summed E-state index contributed by atoms with van der Waals surface area (Å²) in [6.07, 6.45) is -3.82. The Balaban J connectivity index is 1.59. The van der Waals surface area contributed by atoms with E-state index >= 15 is 0 Å². The lowest BCUT2D eigenvalue weighted by atomic mass is 10.0. The van der Waals surface area contributed by atoms with Crippen molar-refractivity contribution in [1.29, 1.82) is 0 Å². The number of pyridine rings is 2. The Morgan fingerprint density at radius 3 is 2.66 bits per heavy atom. The molecule has 0 saturated carbocycles. The van der Waals surface area contributed by atoms with Gasteiger partial charge in [-0.25, -0.2) is 14.8 Å². The van der Waals surface area contributed by atoms with Crippen LogP contribution in [-0.4, -0.2) is 42.2 Å². The number of nitrogens with zero attached hydrogens (tertiary/aromatic N) is 3. The highest BCUT2D eigenvalue weighted by Gasteiger charge is 2.36. The Labute approximate surface area is 183 Å². The second-order valence-corrected chi connectivity index (χ2v) is 7.59. The highest BCUT2D eigenvalue weighted by atomic mass is 19.4. The molecule has 1 atom stereocenters. The topological polar surface area (TPSA) is 64.5 Å². The number of alkyl halides is 3. The van der Waals surface area contributed by atoms with E-state index in [1.165, 1.54) is 6.07 Å². The summed E-state index contributed by atoms with van der Waals surface area (Å²) < 4.78 is 52.1. The monoisotopic (exact) mass is 445 g/mol. The van der Waals surface area contributed by atoms with E-state index in [1.807, 2.05) is 0 Å². The third-order valence-electron chi connectivity index (χ3n) is 5.43. The molecule has 2 aromatic heterocycles. The molecule has 3 aromatic rings. The second-order valence-electron chi connectivity index (χ2n) is 7.59. The Morgan fingerprint density at radius 1 is 1.19 bits per heavy atom. The Hall–Kier alpha value is -3.20. The number of benzene rings is 1. The van der Waals surface area contributed by atoms with Gasteiger partial charge in [0.05, 0.1) is 30.0 Å². The maximum atomic E-state index is 13.8. The van der Waals surface area contributed by atoms with Gasteiger partial charge in [0.2, 0.25) is 0 Å². The average molecular weight is 445 g/mol. The molecule has 1 aliphatic heterocycles. The van der Waals surface area contributed by atoms with Crippen LogP contribution in [0.15, 0.2) is 42.6 Å². The molecule has 9 heteroatoms. The number of aromatic nitrogens is 2. The van der Waals surface area contributed by atoms with Crippen LogP contribution in [0.3, 0.4) is 0 Å². The fraction of sp³-hybridized carbons (Fsp3) is 0.348. The number of anilines is 1. The summed E-state index contributed by atoms with van der Waals surface area (Å²) in [6, 6.07) is 9.18. The molecule has 4 rings (SSSR count). The predicted molar refractivity (Wildman–Crippen MR) is 113 cm³/mol. The largest absolute Gasteiger partial charge is 0.454 e. The van der Waals surface area contributed by atoms with E-state index < -0.39 is 23.8 Å². The molecule has 0 N–H and O–H groups in total. The van der Waals surface area contributed by atoms with Crippen molar-refractivity contribution in [1.82, 2.24) is 9.97 Å². The second kappa shape index (κ2) is 8.74. The van der Waals surface area contributed by atoms with E-state index in [0.29, 0.717) is 43.0 Å². The summed E-state index contributed by atoms with van der Waals surface area (Å²) in [5, 5.41) is 0.673. The number of rotatable bonds is 4. The van der Waals surface area contributed by atoms with Crippen LogP contribution in [0.25, 0.3) is 11.0 Å². The van der Waals surface area contributed by atoms with Gasteiger partial charge < -0.3 is 14.4 Å². The van der Waals surface area contributed by atoms with Crippen molar-refractivity contribution >= 4 is 22.7 Å². The molecule has 0 unspecified atom stereocenters. The van der Waals surface area contributed by atoms with E-state index in [1.54, 1.807) is 49.2 Å². The summed E-state index contributed by atoms with van der Waals surface area (Å²) in [5.41, 5.74) is 0.795. The molecule has 3 heterocycles. The molecule has 0 spiro atoms. The molecule has 0 amide bonds. The van der Waals surface area contributed by atoms with Gasteiger partial charge in [-0.15, -0.1) is 0 Å². The van der Waals surface area contributed by atoms with Gasteiger partial charge in [-0.1, -0.05) is 6.07 Å². The zero-order valence-corrected chi connectivity index (χ0v) is 17.6. The fourth-order valence-electron chi connectivity index (χ4n) is 3.71. The number of ether oxygens (including phenoxy) is 2. The zero-order valence-electron chi connectivity index (χ0n) is 17.6. The number of fused-ring (bicyclic) bond motifs is 1. The number of hydrogen-bond acceptors (Lipinski definition) is 6. The molecule has 1 saturated heterocycles. The van der Waals surface area contributed by atoms with E-state index in [2.05, 4.69) is 9.97 Å². The maximum Gasteiger partial charge on any atom is 0.418 e. The van der Waals surface area contributed by atoms with Crippen LogP contribution in [-0.2, 0) is 15.7 Å². The minimum atomic E-state index is -4.54. The van der Waals surface area contributed by atoms with Gasteiger partial charge >= 0.3 is 12.1 Å². The Kier molecular flexibility index (Phi) is 6.01. The SMILES string of the molecule is Cc1nc2ncccc2cc1C(=O)O[C@@H](C)c1ccc(N2CCOCC2)c(C(F)(F)F)c1. The van der Waals surface area contributed by atoms with Gasteiger partial charge in [-0.2, -0.15) is 13.2 Å². The first-order valence-corrected chi connectivity index (χ1v) is 10.2. The molecule has 0 aliphatic carbocycles. The van der Waals surface area contributed by atoms with Crippen LogP contribution in [0.1, 0.15) is 40.2 Å². The van der Waals surface area contributed by atoms with Gasteiger partial charge in [-0.05, 0) is 49.7 Å². The summed E-state index contributed by atoms with van der Waals surface area (Å²) in [5.74, 6) is -0.654. The van der Waals surface area contributed by atoms with Crippen molar-refractivity contribution < 1.29 is 27.4 Å².